The van der Waals surface area contributed by atoms with E-state index in [1.165, 1.54) is 11.1 Å². The zero-order valence-electron chi connectivity index (χ0n) is 14.1. The molecule has 0 radical (unpaired) electrons. The van der Waals surface area contributed by atoms with Crippen molar-refractivity contribution in [3.63, 3.8) is 0 Å². The molecule has 1 amide bonds. The van der Waals surface area contributed by atoms with Crippen LogP contribution >= 0.6 is 0 Å². The van der Waals surface area contributed by atoms with Crippen molar-refractivity contribution in [2.45, 2.75) is 20.4 Å². The average molecular weight is 322 g/mol. The van der Waals surface area contributed by atoms with Gasteiger partial charge in [-0.15, -0.1) is 0 Å². The first-order valence-corrected chi connectivity index (χ1v) is 8.04. The topological polar surface area (TPSA) is 41.6 Å². The normalized spacial score (nSPS) is 13.2. The maximum atomic E-state index is 12.1. The van der Waals surface area contributed by atoms with Crippen molar-refractivity contribution >= 4 is 17.3 Å². The van der Waals surface area contributed by atoms with Crippen LogP contribution in [0.15, 0.2) is 54.6 Å². The minimum atomic E-state index is -0.0362. The fourth-order valence-corrected chi connectivity index (χ4v) is 2.67. The van der Waals surface area contributed by atoms with Gasteiger partial charge in [-0.1, -0.05) is 42.0 Å². The molecule has 0 saturated carbocycles. The lowest BCUT2D eigenvalue weighted by Crippen LogP contribution is -2.39. The van der Waals surface area contributed by atoms with Crippen LogP contribution in [-0.4, -0.2) is 19.1 Å². The summed E-state index contributed by atoms with van der Waals surface area (Å²) in [6.45, 7) is 9.23. The highest BCUT2D eigenvalue weighted by atomic mass is 16.5. The van der Waals surface area contributed by atoms with E-state index in [0.29, 0.717) is 6.54 Å². The predicted molar refractivity (Wildman–Crippen MR) is 97.6 cm³/mol. The summed E-state index contributed by atoms with van der Waals surface area (Å²) < 4.78 is 5.60. The van der Waals surface area contributed by atoms with Crippen molar-refractivity contribution in [2.24, 2.45) is 0 Å². The predicted octanol–water partition coefficient (Wildman–Crippen LogP) is 3.91. The molecular weight excluding hydrogens is 300 g/mol. The van der Waals surface area contributed by atoms with Crippen LogP contribution < -0.4 is 15.0 Å². The molecule has 0 bridgehead atoms. The number of hydrogen-bond donors (Lipinski definition) is 1. The molecule has 0 spiro atoms. The Labute approximate surface area is 142 Å². The third-order valence-corrected chi connectivity index (χ3v) is 3.95. The van der Waals surface area contributed by atoms with Crippen LogP contribution in [0.5, 0.6) is 5.75 Å². The molecule has 24 heavy (non-hydrogen) atoms. The fourth-order valence-electron chi connectivity index (χ4n) is 2.67. The highest BCUT2D eigenvalue weighted by Crippen LogP contribution is 2.35. The van der Waals surface area contributed by atoms with Crippen molar-refractivity contribution in [3.8, 4) is 5.75 Å². The van der Waals surface area contributed by atoms with Crippen LogP contribution in [-0.2, 0) is 11.3 Å². The van der Waals surface area contributed by atoms with E-state index in [2.05, 4.69) is 43.1 Å². The summed E-state index contributed by atoms with van der Waals surface area (Å²) in [6.07, 6.45) is 0. The van der Waals surface area contributed by atoms with E-state index >= 15 is 0 Å². The van der Waals surface area contributed by atoms with Crippen molar-refractivity contribution in [3.05, 3.63) is 65.7 Å². The van der Waals surface area contributed by atoms with E-state index in [-0.39, 0.29) is 12.5 Å². The van der Waals surface area contributed by atoms with Gasteiger partial charge >= 0.3 is 0 Å². The van der Waals surface area contributed by atoms with E-state index in [4.69, 9.17) is 4.74 Å². The molecule has 0 aromatic heterocycles. The zero-order chi connectivity index (χ0) is 17.1. The van der Waals surface area contributed by atoms with Crippen molar-refractivity contribution in [1.82, 2.24) is 0 Å². The maximum Gasteiger partial charge on any atom is 0.265 e. The Morgan fingerprint density at radius 2 is 2.00 bits per heavy atom. The van der Waals surface area contributed by atoms with Gasteiger partial charge in [0.1, 0.15) is 5.75 Å². The van der Waals surface area contributed by atoms with Gasteiger partial charge in [0.15, 0.2) is 6.61 Å². The number of aryl methyl sites for hydroxylation is 1. The first kappa shape index (κ1) is 16.1. The molecule has 0 unspecified atom stereocenters. The second-order valence-electron chi connectivity index (χ2n) is 6.25. The number of carbonyl (C=O) groups is 1. The lowest BCUT2D eigenvalue weighted by molar-refractivity contribution is -0.121. The first-order chi connectivity index (χ1) is 11.5. The average Bonchev–Trinajstić information content (AvgIpc) is 2.56. The highest BCUT2D eigenvalue weighted by Gasteiger charge is 2.25. The summed E-state index contributed by atoms with van der Waals surface area (Å²) in [6, 6.07) is 14.3. The van der Waals surface area contributed by atoms with Gasteiger partial charge in [-0.3, -0.25) is 4.79 Å². The van der Waals surface area contributed by atoms with Crippen LogP contribution in [0.2, 0.25) is 0 Å². The number of carbonyl (C=O) groups excluding carboxylic acids is 1. The smallest absolute Gasteiger partial charge is 0.265 e. The zero-order valence-corrected chi connectivity index (χ0v) is 14.1. The second kappa shape index (κ2) is 6.79. The summed E-state index contributed by atoms with van der Waals surface area (Å²) in [7, 11) is 0. The Morgan fingerprint density at radius 1 is 1.25 bits per heavy atom. The molecule has 3 rings (SSSR count). The number of amides is 1. The van der Waals surface area contributed by atoms with Crippen molar-refractivity contribution < 1.29 is 9.53 Å². The third kappa shape index (κ3) is 3.59. The van der Waals surface area contributed by atoms with Gasteiger partial charge in [0, 0.05) is 24.8 Å². The highest BCUT2D eigenvalue weighted by molar-refractivity contribution is 5.98. The van der Waals surface area contributed by atoms with Gasteiger partial charge < -0.3 is 15.0 Å². The SMILES string of the molecule is C=C(C)CN1C(=O)COc2cc(NCc3ccc(C)cc3)ccc21. The van der Waals surface area contributed by atoms with Crippen LogP contribution in [0.4, 0.5) is 11.4 Å². The quantitative estimate of drug-likeness (QED) is 0.849. The number of rotatable bonds is 5. The number of nitrogens with one attached hydrogen (secondary N) is 1. The van der Waals surface area contributed by atoms with Crippen LogP contribution in [0.3, 0.4) is 0 Å². The molecule has 0 atom stereocenters. The van der Waals surface area contributed by atoms with Crippen LogP contribution in [0, 0.1) is 6.92 Å². The molecule has 2 aromatic rings. The molecule has 1 N–H and O–H groups in total. The van der Waals surface area contributed by atoms with Crippen LogP contribution in [0.1, 0.15) is 18.1 Å². The molecule has 0 fully saturated rings. The number of anilines is 2. The summed E-state index contributed by atoms with van der Waals surface area (Å²) in [5, 5.41) is 3.40. The van der Waals surface area contributed by atoms with Gasteiger partial charge in [0.05, 0.1) is 5.69 Å². The summed E-state index contributed by atoms with van der Waals surface area (Å²) in [5.74, 6) is 0.690. The molecule has 4 nitrogen and oxygen atoms in total. The molecule has 0 saturated heterocycles. The standard InChI is InChI=1S/C20H22N2O2/c1-14(2)12-22-18-9-8-17(10-19(18)24-13-20(22)23)21-11-16-6-4-15(3)5-7-16/h4-10,21H,1,11-13H2,2-3H3. The third-order valence-electron chi connectivity index (χ3n) is 3.95. The fraction of sp³-hybridized carbons (Fsp3) is 0.250. The largest absolute Gasteiger partial charge is 0.481 e. The van der Waals surface area contributed by atoms with E-state index in [0.717, 1.165) is 29.2 Å². The molecule has 1 aliphatic rings. The molecule has 4 heteroatoms. The Morgan fingerprint density at radius 3 is 2.71 bits per heavy atom. The van der Waals surface area contributed by atoms with E-state index in [1.807, 2.05) is 25.1 Å². The lowest BCUT2D eigenvalue weighted by atomic mass is 10.1. The van der Waals surface area contributed by atoms with E-state index < -0.39 is 0 Å². The molecule has 2 aromatic carbocycles. The van der Waals surface area contributed by atoms with Gasteiger partial charge in [-0.25, -0.2) is 0 Å². The first-order valence-electron chi connectivity index (χ1n) is 8.04. The second-order valence-corrected chi connectivity index (χ2v) is 6.25. The Hall–Kier alpha value is -2.75. The van der Waals surface area contributed by atoms with E-state index in [9.17, 15) is 4.79 Å². The van der Waals surface area contributed by atoms with Gasteiger partial charge in [-0.05, 0) is 31.5 Å². The minimum absolute atomic E-state index is 0.0362. The molecule has 1 aliphatic heterocycles. The van der Waals surface area contributed by atoms with Crippen molar-refractivity contribution in [1.29, 1.82) is 0 Å². The molecule has 1 heterocycles. The number of ether oxygens (including phenoxy) is 1. The Bertz CT molecular complexity index is 766. The van der Waals surface area contributed by atoms with E-state index in [1.54, 1.807) is 4.90 Å². The number of fused-ring (bicyclic) bond motifs is 1. The van der Waals surface area contributed by atoms with Gasteiger partial charge in [0.25, 0.3) is 5.91 Å². The molecule has 0 aliphatic carbocycles. The summed E-state index contributed by atoms with van der Waals surface area (Å²) in [4.78, 5) is 13.8. The Balaban J connectivity index is 1.74. The van der Waals surface area contributed by atoms with Crippen molar-refractivity contribution in [2.75, 3.05) is 23.4 Å². The maximum absolute atomic E-state index is 12.1. The number of benzene rings is 2. The molecule has 124 valence electrons. The monoisotopic (exact) mass is 322 g/mol. The summed E-state index contributed by atoms with van der Waals surface area (Å²) >= 11 is 0. The van der Waals surface area contributed by atoms with Gasteiger partial charge in [0.2, 0.25) is 0 Å². The minimum Gasteiger partial charge on any atom is -0.481 e. The lowest BCUT2D eigenvalue weighted by Gasteiger charge is -2.30. The van der Waals surface area contributed by atoms with Gasteiger partial charge in [-0.2, -0.15) is 0 Å². The summed E-state index contributed by atoms with van der Waals surface area (Å²) in [5.41, 5.74) is 5.19. The van der Waals surface area contributed by atoms with Crippen LogP contribution in [0.25, 0.3) is 0 Å². The Kier molecular flexibility index (Phi) is 4.56. The number of nitrogens with zero attached hydrogens (tertiary/aromatic N) is 1. The number of hydrogen-bond acceptors (Lipinski definition) is 3. The molecular formula is C20H22N2O2.